The van der Waals surface area contributed by atoms with Crippen LogP contribution >= 0.6 is 11.6 Å². The highest BCUT2D eigenvalue weighted by Gasteiger charge is 2.25. The van der Waals surface area contributed by atoms with Crippen LogP contribution in [0.5, 0.6) is 11.6 Å². The summed E-state index contributed by atoms with van der Waals surface area (Å²) in [5, 5.41) is 10.1. The van der Waals surface area contributed by atoms with Crippen molar-refractivity contribution in [3.63, 3.8) is 0 Å². The van der Waals surface area contributed by atoms with E-state index in [4.69, 9.17) is 16.3 Å². The number of nitrogens with zero attached hydrogens (tertiary/aromatic N) is 4. The van der Waals surface area contributed by atoms with Crippen LogP contribution in [0.3, 0.4) is 0 Å². The first kappa shape index (κ1) is 24.5. The van der Waals surface area contributed by atoms with E-state index in [2.05, 4.69) is 15.0 Å². The number of carbonyl (C=O) groups excluding carboxylic acids is 1. The molecule has 3 aromatic rings. The number of benzene rings is 1. The first-order valence-corrected chi connectivity index (χ1v) is 11.0. The van der Waals surface area contributed by atoms with Crippen molar-refractivity contribution in [1.82, 2.24) is 19.9 Å². The van der Waals surface area contributed by atoms with Crippen LogP contribution < -0.4 is 4.74 Å². The summed E-state index contributed by atoms with van der Waals surface area (Å²) in [6.07, 6.45) is 5.00. The van der Waals surface area contributed by atoms with Crippen LogP contribution in [0.2, 0.25) is 5.15 Å². The molecule has 0 bridgehead atoms. The maximum atomic E-state index is 12.0. The Labute approximate surface area is 197 Å². The zero-order chi connectivity index (χ0) is 23.8. The van der Waals surface area contributed by atoms with Crippen LogP contribution in [0, 0.1) is 12.7 Å². The monoisotopic (exact) mass is 472 g/mol. The number of aromatic nitrogens is 3. The second-order valence-corrected chi connectivity index (χ2v) is 7.98. The molecule has 1 fully saturated rings. The summed E-state index contributed by atoms with van der Waals surface area (Å²) in [5.74, 6) is 0.964. The summed E-state index contributed by atoms with van der Waals surface area (Å²) >= 11 is 6.09. The molecule has 33 heavy (non-hydrogen) atoms. The lowest BCUT2D eigenvalue weighted by atomic mass is 9.93. The number of aryl methyl sites for hydroxylation is 1. The molecule has 0 spiro atoms. The lowest BCUT2D eigenvalue weighted by molar-refractivity contribution is -0.117. The van der Waals surface area contributed by atoms with Gasteiger partial charge in [0.25, 0.3) is 0 Å². The summed E-state index contributed by atoms with van der Waals surface area (Å²) in [4.78, 5) is 24.5. The largest absolute Gasteiger partial charge is 0.439 e. The minimum Gasteiger partial charge on any atom is -0.439 e. The Kier molecular flexibility index (Phi) is 8.68. The number of rotatable bonds is 6. The van der Waals surface area contributed by atoms with E-state index in [0.717, 1.165) is 41.8 Å². The minimum atomic E-state index is -0.282. The van der Waals surface area contributed by atoms with Gasteiger partial charge in [-0.25, -0.2) is 14.4 Å². The van der Waals surface area contributed by atoms with Crippen molar-refractivity contribution in [3.05, 3.63) is 76.2 Å². The van der Waals surface area contributed by atoms with Crippen LogP contribution in [-0.4, -0.2) is 44.5 Å². The third-order valence-electron chi connectivity index (χ3n) is 5.39. The summed E-state index contributed by atoms with van der Waals surface area (Å²) < 4.78 is 17.9. The Bertz CT molecular complexity index is 1060. The second-order valence-electron chi connectivity index (χ2n) is 7.63. The molecule has 0 aliphatic carbocycles. The molecule has 174 valence electrons. The predicted octanol–water partition coefficient (Wildman–Crippen LogP) is 4.45. The van der Waals surface area contributed by atoms with Gasteiger partial charge in [0.2, 0.25) is 12.3 Å². The molecule has 1 unspecified atom stereocenters. The van der Waals surface area contributed by atoms with Gasteiger partial charge in [-0.3, -0.25) is 9.78 Å². The lowest BCUT2D eigenvalue weighted by Gasteiger charge is -2.16. The molecule has 1 aliphatic heterocycles. The third-order valence-corrected chi connectivity index (χ3v) is 5.72. The standard InChI is InChI=1S/C18H20ClN3O3.C6H6FN/c1-2-15-17(19)20-10-21-18(15)25-14-3-4-16(13(7-14)9-23)12-5-6-22(8-12)11-24;1-5-2-3-6(7)4-8-5/h3-4,7,10-12,23H,2,5-6,8-9H2,1H3;2-4H,1H3. The first-order chi connectivity index (χ1) is 15.9. The van der Waals surface area contributed by atoms with E-state index in [1.54, 1.807) is 11.0 Å². The number of aliphatic hydroxyl groups excluding tert-OH is 1. The number of hydrogen-bond donors (Lipinski definition) is 1. The molecule has 2 aromatic heterocycles. The lowest BCUT2D eigenvalue weighted by Crippen LogP contribution is -2.17. The molecule has 1 aliphatic rings. The van der Waals surface area contributed by atoms with Gasteiger partial charge in [-0.1, -0.05) is 24.6 Å². The maximum Gasteiger partial charge on any atom is 0.226 e. The van der Waals surface area contributed by atoms with Crippen LogP contribution in [0.1, 0.15) is 41.6 Å². The smallest absolute Gasteiger partial charge is 0.226 e. The highest BCUT2D eigenvalue weighted by atomic mass is 35.5. The SMILES string of the molecule is CCc1c(Cl)ncnc1Oc1ccc(C2CCN(C=O)C2)c(CO)c1.Cc1ccc(F)cn1. The first-order valence-electron chi connectivity index (χ1n) is 10.6. The van der Waals surface area contributed by atoms with Crippen molar-refractivity contribution in [1.29, 1.82) is 0 Å². The number of aliphatic hydroxyl groups is 1. The predicted molar refractivity (Wildman–Crippen MR) is 123 cm³/mol. The second kappa shape index (κ2) is 11.7. The molecule has 0 radical (unpaired) electrons. The molecule has 1 atom stereocenters. The Balaban J connectivity index is 0.000000323. The van der Waals surface area contributed by atoms with E-state index in [1.807, 2.05) is 32.0 Å². The summed E-state index contributed by atoms with van der Waals surface area (Å²) in [6.45, 7) is 5.11. The third kappa shape index (κ3) is 6.46. The van der Waals surface area contributed by atoms with Gasteiger partial charge in [-0.05, 0) is 55.2 Å². The maximum absolute atomic E-state index is 12.0. The normalized spacial score (nSPS) is 15.1. The average molecular weight is 473 g/mol. The Morgan fingerprint density at radius 1 is 1.27 bits per heavy atom. The quantitative estimate of drug-likeness (QED) is 0.421. The average Bonchev–Trinajstić information content (AvgIpc) is 3.31. The number of halogens is 2. The molecule has 7 nitrogen and oxygen atoms in total. The van der Waals surface area contributed by atoms with Crippen molar-refractivity contribution < 1.29 is 19.0 Å². The number of hydrogen-bond acceptors (Lipinski definition) is 6. The Morgan fingerprint density at radius 3 is 2.70 bits per heavy atom. The number of carbonyl (C=O) groups is 1. The fourth-order valence-corrected chi connectivity index (χ4v) is 3.90. The molecule has 0 saturated carbocycles. The number of likely N-dealkylation sites (tertiary alicyclic amines) is 1. The van der Waals surface area contributed by atoms with Gasteiger partial charge in [0.15, 0.2) is 0 Å². The zero-order valence-corrected chi connectivity index (χ0v) is 19.3. The molecular formula is C24H26ClFN4O3. The molecule has 9 heteroatoms. The molecule has 1 aromatic carbocycles. The van der Waals surface area contributed by atoms with Crippen LogP contribution in [0.4, 0.5) is 4.39 Å². The molecular weight excluding hydrogens is 447 g/mol. The van der Waals surface area contributed by atoms with Crippen LogP contribution in [0.25, 0.3) is 0 Å². The van der Waals surface area contributed by atoms with Crippen LogP contribution in [-0.2, 0) is 17.8 Å². The summed E-state index contributed by atoms with van der Waals surface area (Å²) in [5.41, 5.74) is 3.44. The van der Waals surface area contributed by atoms with E-state index in [1.165, 1.54) is 18.6 Å². The number of amides is 1. The van der Waals surface area contributed by atoms with Gasteiger partial charge in [-0.15, -0.1) is 0 Å². The van der Waals surface area contributed by atoms with Gasteiger partial charge >= 0.3 is 0 Å². The highest BCUT2D eigenvalue weighted by Crippen LogP contribution is 2.33. The molecule has 1 N–H and O–H groups in total. The van der Waals surface area contributed by atoms with E-state index < -0.39 is 0 Å². The fourth-order valence-electron chi connectivity index (χ4n) is 3.64. The van der Waals surface area contributed by atoms with E-state index >= 15 is 0 Å². The minimum absolute atomic E-state index is 0.0880. The topological polar surface area (TPSA) is 88.4 Å². The fraction of sp³-hybridized carbons (Fsp3) is 0.333. The number of ether oxygens (including phenoxy) is 1. The zero-order valence-electron chi connectivity index (χ0n) is 18.5. The number of pyridine rings is 1. The van der Waals surface area contributed by atoms with Crippen molar-refractivity contribution >= 4 is 18.0 Å². The Hall–Kier alpha value is -3.10. The molecule has 1 saturated heterocycles. The van der Waals surface area contributed by atoms with Gasteiger partial charge in [0.1, 0.15) is 23.0 Å². The van der Waals surface area contributed by atoms with E-state index in [9.17, 15) is 14.3 Å². The van der Waals surface area contributed by atoms with E-state index in [0.29, 0.717) is 29.7 Å². The van der Waals surface area contributed by atoms with Gasteiger partial charge in [0.05, 0.1) is 18.4 Å². The highest BCUT2D eigenvalue weighted by molar-refractivity contribution is 6.30. The summed E-state index contributed by atoms with van der Waals surface area (Å²) in [7, 11) is 0. The molecule has 1 amide bonds. The van der Waals surface area contributed by atoms with Crippen molar-refractivity contribution in [2.75, 3.05) is 13.1 Å². The molecule has 4 rings (SSSR count). The van der Waals surface area contributed by atoms with E-state index in [-0.39, 0.29) is 18.3 Å². The van der Waals surface area contributed by atoms with Gasteiger partial charge in [-0.2, -0.15) is 0 Å². The van der Waals surface area contributed by atoms with Crippen molar-refractivity contribution in [3.8, 4) is 11.6 Å². The Morgan fingerprint density at radius 2 is 2.09 bits per heavy atom. The van der Waals surface area contributed by atoms with Crippen LogP contribution in [0.15, 0.2) is 42.9 Å². The van der Waals surface area contributed by atoms with Gasteiger partial charge < -0.3 is 14.7 Å². The van der Waals surface area contributed by atoms with Crippen molar-refractivity contribution in [2.24, 2.45) is 0 Å². The van der Waals surface area contributed by atoms with Gasteiger partial charge in [0, 0.05) is 24.7 Å². The molecule has 3 heterocycles. The summed E-state index contributed by atoms with van der Waals surface area (Å²) in [6, 6.07) is 8.65. The van der Waals surface area contributed by atoms with Crippen molar-refractivity contribution in [2.45, 2.75) is 39.2 Å².